The molecule has 3 unspecified atom stereocenters. The van der Waals surface area contributed by atoms with Crippen LogP contribution in [-0.2, 0) is 9.59 Å². The monoisotopic (exact) mass is 284 g/mol. The fraction of sp³-hybridized carbons (Fsp3) is 0.857. The summed E-state index contributed by atoms with van der Waals surface area (Å²) in [6.45, 7) is 2.55. The van der Waals surface area contributed by atoms with Gasteiger partial charge in [-0.3, -0.25) is 14.5 Å². The van der Waals surface area contributed by atoms with Crippen molar-refractivity contribution < 1.29 is 9.59 Å². The van der Waals surface area contributed by atoms with Crippen molar-refractivity contribution in [2.45, 2.75) is 62.8 Å². The first-order chi connectivity index (χ1) is 9.17. The second-order valence-electron chi connectivity index (χ2n) is 5.47. The Morgan fingerprint density at radius 1 is 1.32 bits per heavy atom. The molecule has 2 fully saturated rings. The van der Waals surface area contributed by atoms with Crippen molar-refractivity contribution in [3.8, 4) is 0 Å². The van der Waals surface area contributed by atoms with Gasteiger partial charge in [0.15, 0.2) is 0 Å². The van der Waals surface area contributed by atoms with E-state index in [0.717, 1.165) is 12.8 Å². The fourth-order valence-electron chi connectivity index (χ4n) is 3.10. The van der Waals surface area contributed by atoms with Crippen molar-refractivity contribution in [2.24, 2.45) is 0 Å². The van der Waals surface area contributed by atoms with E-state index < -0.39 is 0 Å². The summed E-state index contributed by atoms with van der Waals surface area (Å²) in [5, 5.41) is 4.03. The average Bonchev–Trinajstić information content (AvgIpc) is 2.67. The number of likely N-dealkylation sites (tertiary alicyclic amines) is 1. The second-order valence-corrected chi connectivity index (χ2v) is 6.55. The fourth-order valence-corrected chi connectivity index (χ4v) is 4.05. The van der Waals surface area contributed by atoms with Crippen LogP contribution in [0.1, 0.15) is 45.4 Å². The molecule has 1 heterocycles. The minimum absolute atomic E-state index is 0.0131. The van der Waals surface area contributed by atoms with E-state index >= 15 is 0 Å². The highest BCUT2D eigenvalue weighted by Gasteiger charge is 2.40. The molecule has 0 aromatic carbocycles. The molecule has 2 amide bonds. The molecule has 2 rings (SSSR count). The molecule has 1 aliphatic carbocycles. The number of hydrogen-bond donors (Lipinski definition) is 1. The Morgan fingerprint density at radius 3 is 2.74 bits per heavy atom. The maximum absolute atomic E-state index is 12.2. The topological polar surface area (TPSA) is 49.4 Å². The lowest BCUT2D eigenvalue weighted by Gasteiger charge is -2.32. The van der Waals surface area contributed by atoms with Crippen molar-refractivity contribution in [1.29, 1.82) is 0 Å². The van der Waals surface area contributed by atoms with E-state index in [1.165, 1.54) is 24.2 Å². The van der Waals surface area contributed by atoms with Crippen molar-refractivity contribution >= 4 is 23.6 Å². The van der Waals surface area contributed by atoms with Gasteiger partial charge in [0.2, 0.25) is 11.8 Å². The van der Waals surface area contributed by atoms with E-state index in [-0.39, 0.29) is 17.9 Å². The summed E-state index contributed by atoms with van der Waals surface area (Å²) in [6.07, 6.45) is 8.16. The number of thioether (sulfide) groups is 1. The molecule has 108 valence electrons. The maximum Gasteiger partial charge on any atom is 0.246 e. The summed E-state index contributed by atoms with van der Waals surface area (Å²) in [5.74, 6) is -0.0295. The summed E-state index contributed by atoms with van der Waals surface area (Å²) in [7, 11) is 0. The highest BCUT2D eigenvalue weighted by Crippen LogP contribution is 2.28. The first-order valence-electron chi connectivity index (χ1n) is 7.30. The zero-order chi connectivity index (χ0) is 13.8. The van der Waals surface area contributed by atoms with Crippen LogP contribution in [0.4, 0.5) is 0 Å². The molecule has 1 aliphatic heterocycles. The Morgan fingerprint density at radius 2 is 2.05 bits per heavy atom. The Balaban J connectivity index is 1.95. The van der Waals surface area contributed by atoms with Gasteiger partial charge in [-0.05, 0) is 25.5 Å². The lowest BCUT2D eigenvalue weighted by atomic mass is 9.94. The zero-order valence-corrected chi connectivity index (χ0v) is 12.7. The van der Waals surface area contributed by atoms with Gasteiger partial charge >= 0.3 is 0 Å². The predicted molar refractivity (Wildman–Crippen MR) is 78.1 cm³/mol. The summed E-state index contributed by atoms with van der Waals surface area (Å²) >= 11 is 1.88. The van der Waals surface area contributed by atoms with Gasteiger partial charge in [-0.1, -0.05) is 19.8 Å². The van der Waals surface area contributed by atoms with E-state index in [1.807, 2.05) is 18.7 Å². The predicted octanol–water partition coefficient (Wildman–Crippen LogP) is 1.79. The number of amides is 2. The third kappa shape index (κ3) is 3.31. The van der Waals surface area contributed by atoms with Crippen molar-refractivity contribution in [3.05, 3.63) is 0 Å². The summed E-state index contributed by atoms with van der Waals surface area (Å²) in [5.41, 5.74) is 0. The molecule has 5 heteroatoms. The zero-order valence-electron chi connectivity index (χ0n) is 11.9. The number of hydrogen-bond acceptors (Lipinski definition) is 4. The van der Waals surface area contributed by atoms with Gasteiger partial charge < -0.3 is 5.32 Å². The smallest absolute Gasteiger partial charge is 0.246 e. The van der Waals surface area contributed by atoms with E-state index in [2.05, 4.69) is 11.6 Å². The molecule has 19 heavy (non-hydrogen) atoms. The number of nitrogens with zero attached hydrogens (tertiary/aromatic N) is 1. The molecule has 0 spiro atoms. The molecular formula is C14H24N2O2S. The van der Waals surface area contributed by atoms with Crippen molar-refractivity contribution in [3.63, 3.8) is 0 Å². The molecule has 1 saturated carbocycles. The number of imide groups is 1. The van der Waals surface area contributed by atoms with Gasteiger partial charge in [0.05, 0.1) is 12.5 Å². The molecule has 4 nitrogen and oxygen atoms in total. The Labute approximate surface area is 119 Å². The highest BCUT2D eigenvalue weighted by molar-refractivity contribution is 7.99. The number of rotatable bonds is 5. The Hall–Kier alpha value is -0.550. The lowest BCUT2D eigenvalue weighted by molar-refractivity contribution is -0.138. The van der Waals surface area contributed by atoms with Crippen LogP contribution in [-0.4, -0.2) is 46.8 Å². The van der Waals surface area contributed by atoms with E-state index in [1.54, 1.807) is 0 Å². The Kier molecular flexibility index (Phi) is 5.28. The highest BCUT2D eigenvalue weighted by atomic mass is 32.2. The lowest BCUT2D eigenvalue weighted by Crippen LogP contribution is -2.49. The van der Waals surface area contributed by atoms with Crippen LogP contribution in [0.5, 0.6) is 0 Å². The maximum atomic E-state index is 12.2. The number of nitrogens with one attached hydrogen (secondary N) is 1. The van der Waals surface area contributed by atoms with Gasteiger partial charge in [-0.25, -0.2) is 0 Å². The van der Waals surface area contributed by atoms with Crippen LogP contribution in [0.25, 0.3) is 0 Å². The van der Waals surface area contributed by atoms with Gasteiger partial charge in [-0.15, -0.1) is 0 Å². The molecule has 0 aromatic heterocycles. The summed E-state index contributed by atoms with van der Waals surface area (Å²) in [4.78, 5) is 25.5. The first-order valence-corrected chi connectivity index (χ1v) is 8.59. The molecule has 1 N–H and O–H groups in total. The normalized spacial score (nSPS) is 32.1. The van der Waals surface area contributed by atoms with Crippen molar-refractivity contribution in [2.75, 3.05) is 12.8 Å². The molecule has 2 aliphatic rings. The quantitative estimate of drug-likeness (QED) is 0.782. The molecular weight excluding hydrogens is 260 g/mol. The van der Waals surface area contributed by atoms with Gasteiger partial charge in [0, 0.05) is 17.8 Å². The van der Waals surface area contributed by atoms with Gasteiger partial charge in [0.25, 0.3) is 0 Å². The first kappa shape index (κ1) is 14.9. The molecule has 0 radical (unpaired) electrons. The molecule has 3 atom stereocenters. The van der Waals surface area contributed by atoms with Gasteiger partial charge in [-0.2, -0.15) is 11.8 Å². The molecule has 0 bridgehead atoms. The van der Waals surface area contributed by atoms with Crippen LogP contribution in [0.15, 0.2) is 0 Å². The molecule has 0 aromatic rings. The van der Waals surface area contributed by atoms with Crippen LogP contribution in [0, 0.1) is 0 Å². The summed E-state index contributed by atoms with van der Waals surface area (Å²) < 4.78 is 0. The number of carbonyl (C=O) groups is 2. The third-order valence-corrected chi connectivity index (χ3v) is 5.28. The minimum atomic E-state index is -0.281. The Bertz CT molecular complexity index is 348. The SMILES string of the molecule is CCCN1C(=O)CC(NC2CCCCC2SC)C1=O. The second kappa shape index (κ2) is 6.75. The van der Waals surface area contributed by atoms with Crippen LogP contribution in [0.3, 0.4) is 0 Å². The van der Waals surface area contributed by atoms with E-state index in [4.69, 9.17) is 0 Å². The van der Waals surface area contributed by atoms with Crippen LogP contribution >= 0.6 is 11.8 Å². The van der Waals surface area contributed by atoms with E-state index in [9.17, 15) is 9.59 Å². The van der Waals surface area contributed by atoms with Crippen molar-refractivity contribution in [1.82, 2.24) is 10.2 Å². The standard InChI is InChI=1S/C14H24N2O2S/c1-3-8-16-13(17)9-11(14(16)18)15-10-6-4-5-7-12(10)19-2/h10-12,15H,3-9H2,1-2H3. The average molecular weight is 284 g/mol. The van der Waals surface area contributed by atoms with Crippen LogP contribution in [0.2, 0.25) is 0 Å². The number of carbonyl (C=O) groups excluding carboxylic acids is 2. The van der Waals surface area contributed by atoms with Gasteiger partial charge in [0.1, 0.15) is 0 Å². The summed E-state index contributed by atoms with van der Waals surface area (Å²) in [6, 6.07) is 0.101. The van der Waals surface area contributed by atoms with Crippen LogP contribution < -0.4 is 5.32 Å². The molecule has 1 saturated heterocycles. The van der Waals surface area contributed by atoms with E-state index in [0.29, 0.717) is 24.3 Å². The third-order valence-electron chi connectivity index (χ3n) is 4.11. The largest absolute Gasteiger partial charge is 0.302 e. The minimum Gasteiger partial charge on any atom is -0.302 e.